The SMILES string of the molecule is CC1CCCC1c1nsc(N)n1. The van der Waals surface area contributed by atoms with E-state index in [1.165, 1.54) is 30.8 Å². The minimum atomic E-state index is 0.568. The van der Waals surface area contributed by atoms with E-state index in [2.05, 4.69) is 16.3 Å². The topological polar surface area (TPSA) is 51.8 Å². The molecule has 12 heavy (non-hydrogen) atoms. The van der Waals surface area contributed by atoms with Gasteiger partial charge in [-0.25, -0.2) is 4.98 Å². The van der Waals surface area contributed by atoms with Crippen molar-refractivity contribution in [2.45, 2.75) is 32.1 Å². The minimum absolute atomic E-state index is 0.568. The van der Waals surface area contributed by atoms with Gasteiger partial charge in [0, 0.05) is 17.5 Å². The van der Waals surface area contributed by atoms with E-state index in [-0.39, 0.29) is 0 Å². The van der Waals surface area contributed by atoms with Crippen LogP contribution in [0.25, 0.3) is 0 Å². The van der Waals surface area contributed by atoms with Crippen molar-refractivity contribution >= 4 is 16.7 Å². The number of nitrogen functional groups attached to an aromatic ring is 1. The molecule has 2 N–H and O–H groups in total. The van der Waals surface area contributed by atoms with Gasteiger partial charge in [-0.1, -0.05) is 13.3 Å². The fraction of sp³-hybridized carbons (Fsp3) is 0.750. The summed E-state index contributed by atoms with van der Waals surface area (Å²) in [5.41, 5.74) is 5.54. The third-order valence-corrected chi connectivity index (χ3v) is 3.21. The van der Waals surface area contributed by atoms with Crippen LogP contribution in [0.3, 0.4) is 0 Å². The largest absolute Gasteiger partial charge is 0.374 e. The van der Waals surface area contributed by atoms with Crippen LogP contribution in [0.5, 0.6) is 0 Å². The monoisotopic (exact) mass is 183 g/mol. The lowest BCUT2D eigenvalue weighted by molar-refractivity contribution is 0.515. The molecule has 1 aliphatic rings. The average Bonchev–Trinajstić information content (AvgIpc) is 2.58. The second-order valence-corrected chi connectivity index (χ2v) is 4.29. The van der Waals surface area contributed by atoms with Gasteiger partial charge in [-0.15, -0.1) is 0 Å². The summed E-state index contributed by atoms with van der Waals surface area (Å²) in [7, 11) is 0. The standard InChI is InChI=1S/C8H13N3S/c1-5-3-2-4-6(5)7-10-8(9)12-11-7/h5-6H,2-4H2,1H3,(H2,9,10,11). The van der Waals surface area contributed by atoms with Crippen LogP contribution in [0.2, 0.25) is 0 Å². The highest BCUT2D eigenvalue weighted by molar-refractivity contribution is 7.09. The molecule has 4 heteroatoms. The third kappa shape index (κ3) is 1.31. The van der Waals surface area contributed by atoms with Crippen molar-refractivity contribution in [1.29, 1.82) is 0 Å². The highest BCUT2D eigenvalue weighted by atomic mass is 32.1. The van der Waals surface area contributed by atoms with Crippen LogP contribution in [0.15, 0.2) is 0 Å². The lowest BCUT2D eigenvalue weighted by Crippen LogP contribution is -2.03. The Hall–Kier alpha value is -0.640. The number of aromatic nitrogens is 2. The van der Waals surface area contributed by atoms with Gasteiger partial charge in [0.25, 0.3) is 0 Å². The molecule has 1 saturated carbocycles. The lowest BCUT2D eigenvalue weighted by atomic mass is 9.98. The summed E-state index contributed by atoms with van der Waals surface area (Å²) in [6.45, 7) is 2.27. The quantitative estimate of drug-likeness (QED) is 0.724. The van der Waals surface area contributed by atoms with E-state index in [0.717, 1.165) is 11.7 Å². The van der Waals surface area contributed by atoms with Gasteiger partial charge in [-0.2, -0.15) is 4.37 Å². The van der Waals surface area contributed by atoms with Crippen LogP contribution in [0, 0.1) is 5.92 Å². The van der Waals surface area contributed by atoms with Crippen LogP contribution in [0.4, 0.5) is 5.13 Å². The predicted molar refractivity (Wildman–Crippen MR) is 50.1 cm³/mol. The maximum atomic E-state index is 5.54. The maximum absolute atomic E-state index is 5.54. The first-order valence-corrected chi connectivity index (χ1v) is 5.14. The summed E-state index contributed by atoms with van der Waals surface area (Å²) in [5.74, 6) is 2.28. The van der Waals surface area contributed by atoms with Crippen LogP contribution in [0.1, 0.15) is 37.9 Å². The van der Waals surface area contributed by atoms with Crippen molar-refractivity contribution in [3.8, 4) is 0 Å². The Kier molecular flexibility index (Phi) is 2.00. The predicted octanol–water partition coefficient (Wildman–Crippen LogP) is 2.02. The number of nitrogens with two attached hydrogens (primary N) is 1. The fourth-order valence-electron chi connectivity index (χ4n) is 1.93. The van der Waals surface area contributed by atoms with Gasteiger partial charge in [0.2, 0.25) is 0 Å². The second kappa shape index (κ2) is 3.01. The summed E-state index contributed by atoms with van der Waals surface area (Å²) < 4.78 is 4.25. The van der Waals surface area contributed by atoms with Crippen LogP contribution < -0.4 is 5.73 Å². The Balaban J connectivity index is 2.19. The zero-order chi connectivity index (χ0) is 8.55. The molecule has 0 spiro atoms. The van der Waals surface area contributed by atoms with Gasteiger partial charge in [0.05, 0.1) is 0 Å². The molecule has 3 nitrogen and oxygen atoms in total. The first kappa shape index (κ1) is 7.98. The van der Waals surface area contributed by atoms with Crippen molar-refractivity contribution in [1.82, 2.24) is 9.36 Å². The van der Waals surface area contributed by atoms with Gasteiger partial charge < -0.3 is 5.73 Å². The molecule has 2 rings (SSSR count). The van der Waals surface area contributed by atoms with E-state index in [1.54, 1.807) is 0 Å². The Morgan fingerprint density at radius 1 is 1.50 bits per heavy atom. The molecule has 0 radical (unpaired) electrons. The Morgan fingerprint density at radius 2 is 2.33 bits per heavy atom. The Bertz CT molecular complexity index is 271. The van der Waals surface area contributed by atoms with Gasteiger partial charge in [-0.05, 0) is 18.8 Å². The Labute approximate surface area is 76.2 Å². The van der Waals surface area contributed by atoms with Crippen molar-refractivity contribution in [3.63, 3.8) is 0 Å². The van der Waals surface area contributed by atoms with Crippen molar-refractivity contribution < 1.29 is 0 Å². The average molecular weight is 183 g/mol. The van der Waals surface area contributed by atoms with Crippen molar-refractivity contribution in [3.05, 3.63) is 5.82 Å². The molecule has 66 valence electrons. The van der Waals surface area contributed by atoms with Crippen LogP contribution >= 0.6 is 11.5 Å². The molecule has 1 aromatic heterocycles. The molecule has 0 amide bonds. The van der Waals surface area contributed by atoms with E-state index >= 15 is 0 Å². The summed E-state index contributed by atoms with van der Waals surface area (Å²) in [6, 6.07) is 0. The minimum Gasteiger partial charge on any atom is -0.374 e. The highest BCUT2D eigenvalue weighted by Crippen LogP contribution is 2.38. The number of hydrogen-bond acceptors (Lipinski definition) is 4. The summed E-state index contributed by atoms with van der Waals surface area (Å²) in [4.78, 5) is 4.23. The molecule has 2 unspecified atom stereocenters. The summed E-state index contributed by atoms with van der Waals surface area (Å²) >= 11 is 1.31. The summed E-state index contributed by atoms with van der Waals surface area (Å²) in [6.07, 6.45) is 3.85. The third-order valence-electron chi connectivity index (χ3n) is 2.65. The van der Waals surface area contributed by atoms with Crippen LogP contribution in [-0.2, 0) is 0 Å². The Morgan fingerprint density at radius 3 is 2.83 bits per heavy atom. The molecule has 1 aromatic rings. The zero-order valence-electron chi connectivity index (χ0n) is 7.16. The molecule has 0 saturated heterocycles. The molecule has 1 fully saturated rings. The fourth-order valence-corrected chi connectivity index (χ4v) is 2.42. The molecule has 1 aliphatic carbocycles. The molecule has 0 aliphatic heterocycles. The van der Waals surface area contributed by atoms with E-state index in [0.29, 0.717) is 11.0 Å². The number of nitrogens with zero attached hydrogens (tertiary/aromatic N) is 2. The van der Waals surface area contributed by atoms with E-state index in [1.807, 2.05) is 0 Å². The van der Waals surface area contributed by atoms with Crippen molar-refractivity contribution in [2.24, 2.45) is 5.92 Å². The highest BCUT2D eigenvalue weighted by Gasteiger charge is 2.27. The molecular formula is C8H13N3S. The van der Waals surface area contributed by atoms with Crippen LogP contribution in [-0.4, -0.2) is 9.36 Å². The van der Waals surface area contributed by atoms with Gasteiger partial charge >= 0.3 is 0 Å². The number of anilines is 1. The van der Waals surface area contributed by atoms with Gasteiger partial charge in [0.15, 0.2) is 5.13 Å². The number of rotatable bonds is 1. The maximum Gasteiger partial charge on any atom is 0.199 e. The van der Waals surface area contributed by atoms with Gasteiger partial charge in [0.1, 0.15) is 5.82 Å². The van der Waals surface area contributed by atoms with E-state index in [4.69, 9.17) is 5.73 Å². The molecule has 1 heterocycles. The second-order valence-electron chi connectivity index (χ2n) is 3.51. The van der Waals surface area contributed by atoms with Gasteiger partial charge in [-0.3, -0.25) is 0 Å². The molecule has 2 atom stereocenters. The van der Waals surface area contributed by atoms with Crippen molar-refractivity contribution in [2.75, 3.05) is 5.73 Å². The van der Waals surface area contributed by atoms with E-state index in [9.17, 15) is 0 Å². The molecule has 0 bridgehead atoms. The smallest absolute Gasteiger partial charge is 0.199 e. The van der Waals surface area contributed by atoms with E-state index < -0.39 is 0 Å². The zero-order valence-corrected chi connectivity index (χ0v) is 7.97. The number of hydrogen-bond donors (Lipinski definition) is 1. The lowest BCUT2D eigenvalue weighted by Gasteiger charge is -2.09. The first-order valence-electron chi connectivity index (χ1n) is 4.36. The normalized spacial score (nSPS) is 29.4. The first-order chi connectivity index (χ1) is 5.77. The summed E-state index contributed by atoms with van der Waals surface area (Å²) in [5, 5.41) is 0.601. The molecular weight excluding hydrogens is 170 g/mol. The molecule has 0 aromatic carbocycles.